The van der Waals surface area contributed by atoms with E-state index in [0.29, 0.717) is 43.7 Å². The van der Waals surface area contributed by atoms with Crippen LogP contribution in [0.15, 0.2) is 24.3 Å². The Labute approximate surface area is 175 Å². The minimum atomic E-state index is -1.09. The van der Waals surface area contributed by atoms with Crippen molar-refractivity contribution < 1.29 is 24.3 Å². The Hall–Kier alpha value is -3.10. The maximum atomic E-state index is 13.1. The monoisotopic (exact) mass is 415 g/mol. The van der Waals surface area contributed by atoms with Crippen molar-refractivity contribution in [2.45, 2.75) is 39.2 Å². The summed E-state index contributed by atoms with van der Waals surface area (Å²) in [7, 11) is 0. The molecule has 2 N–H and O–H groups in total. The zero-order chi connectivity index (χ0) is 21.8. The predicted octanol–water partition coefficient (Wildman–Crippen LogP) is 0.558. The zero-order valence-corrected chi connectivity index (χ0v) is 17.2. The van der Waals surface area contributed by atoms with Crippen LogP contribution in [0.5, 0.6) is 0 Å². The summed E-state index contributed by atoms with van der Waals surface area (Å²) in [6.45, 7) is 4.41. The van der Waals surface area contributed by atoms with Crippen LogP contribution in [0, 0.1) is 11.8 Å². The van der Waals surface area contributed by atoms with Gasteiger partial charge in [-0.05, 0) is 37.3 Å². The lowest BCUT2D eigenvalue weighted by atomic mass is 9.95. The maximum Gasteiger partial charge on any atom is 0.323 e. The number of aliphatic carboxylic acids is 1. The van der Waals surface area contributed by atoms with Crippen molar-refractivity contribution in [3.63, 3.8) is 0 Å². The van der Waals surface area contributed by atoms with Gasteiger partial charge in [-0.15, -0.1) is 0 Å². The number of urea groups is 1. The number of benzene rings is 1. The number of hydrogen-bond donors (Lipinski definition) is 2. The largest absolute Gasteiger partial charge is 0.550 e. The molecule has 2 heterocycles. The average molecular weight is 415 g/mol. The van der Waals surface area contributed by atoms with Gasteiger partial charge in [0, 0.05) is 25.0 Å². The van der Waals surface area contributed by atoms with Crippen LogP contribution in [0.3, 0.4) is 0 Å². The molecule has 0 saturated carbocycles. The molecule has 1 aromatic carbocycles. The number of anilines is 2. The van der Waals surface area contributed by atoms with Gasteiger partial charge in [-0.25, -0.2) is 4.79 Å². The molecule has 9 heteroatoms. The lowest BCUT2D eigenvalue weighted by Crippen LogP contribution is -2.56. The minimum absolute atomic E-state index is 0.136. The van der Waals surface area contributed by atoms with Gasteiger partial charge in [0.05, 0.1) is 11.4 Å². The van der Waals surface area contributed by atoms with Crippen LogP contribution < -0.4 is 20.6 Å². The lowest BCUT2D eigenvalue weighted by Gasteiger charge is -2.36. The van der Waals surface area contributed by atoms with Crippen LogP contribution in [0.1, 0.15) is 33.1 Å². The van der Waals surface area contributed by atoms with Crippen molar-refractivity contribution in [3.05, 3.63) is 24.3 Å². The van der Waals surface area contributed by atoms with E-state index in [1.165, 1.54) is 4.90 Å². The molecule has 0 radical (unpaired) electrons. The van der Waals surface area contributed by atoms with Gasteiger partial charge in [0.2, 0.25) is 11.8 Å². The first-order valence-corrected chi connectivity index (χ1v) is 10.2. The van der Waals surface area contributed by atoms with E-state index in [2.05, 4.69) is 10.6 Å². The van der Waals surface area contributed by atoms with Crippen molar-refractivity contribution in [3.8, 4) is 0 Å². The third-order valence-corrected chi connectivity index (χ3v) is 5.46. The molecule has 1 atom stereocenters. The lowest BCUT2D eigenvalue weighted by molar-refractivity contribution is -0.312. The molecule has 30 heavy (non-hydrogen) atoms. The fourth-order valence-electron chi connectivity index (χ4n) is 3.89. The van der Waals surface area contributed by atoms with Crippen LogP contribution in [0.25, 0.3) is 0 Å². The fourth-order valence-corrected chi connectivity index (χ4v) is 3.89. The SMILES string of the molecule is CC(C)C[C@H](NC(=O)N1CC(=O)Nc2ccccc21)C(=O)N1CCC(C(=O)[O-])CC1. The zero-order valence-electron chi connectivity index (χ0n) is 17.2. The van der Waals surface area contributed by atoms with Crippen molar-refractivity contribution >= 4 is 35.2 Å². The molecule has 0 spiro atoms. The molecule has 1 fully saturated rings. The van der Waals surface area contributed by atoms with Crippen molar-refractivity contribution in [2.24, 2.45) is 11.8 Å². The predicted molar refractivity (Wildman–Crippen MR) is 109 cm³/mol. The Kier molecular flexibility index (Phi) is 6.59. The Balaban J connectivity index is 1.72. The molecule has 0 unspecified atom stereocenters. The highest BCUT2D eigenvalue weighted by Crippen LogP contribution is 2.29. The number of amides is 4. The summed E-state index contributed by atoms with van der Waals surface area (Å²) in [5.41, 5.74) is 1.11. The number of carboxylic acids is 1. The van der Waals surface area contributed by atoms with E-state index < -0.39 is 24.0 Å². The highest BCUT2D eigenvalue weighted by atomic mass is 16.4. The number of carboxylic acid groups (broad SMARTS) is 1. The van der Waals surface area contributed by atoms with Gasteiger partial charge in [0.15, 0.2) is 0 Å². The number of hydrogen-bond acceptors (Lipinski definition) is 5. The normalized spacial score (nSPS) is 17.9. The van der Waals surface area contributed by atoms with Crippen molar-refractivity contribution in [1.82, 2.24) is 10.2 Å². The van der Waals surface area contributed by atoms with Gasteiger partial charge < -0.3 is 25.4 Å². The highest BCUT2D eigenvalue weighted by Gasteiger charge is 2.33. The van der Waals surface area contributed by atoms with Gasteiger partial charge in [0.25, 0.3) is 0 Å². The summed E-state index contributed by atoms with van der Waals surface area (Å²) >= 11 is 0. The number of carbonyl (C=O) groups is 4. The molecule has 4 amide bonds. The summed E-state index contributed by atoms with van der Waals surface area (Å²) in [6, 6.07) is 5.72. The second kappa shape index (κ2) is 9.15. The number of fused-ring (bicyclic) bond motifs is 1. The number of nitrogens with one attached hydrogen (secondary N) is 2. The number of nitrogens with zero attached hydrogens (tertiary/aromatic N) is 2. The Morgan fingerprint density at radius 2 is 1.87 bits per heavy atom. The molecule has 0 aliphatic carbocycles. The van der Waals surface area contributed by atoms with E-state index in [4.69, 9.17) is 0 Å². The van der Waals surface area contributed by atoms with E-state index in [0.717, 1.165) is 0 Å². The van der Waals surface area contributed by atoms with Crippen LogP contribution in [0.4, 0.5) is 16.2 Å². The summed E-state index contributed by atoms with van der Waals surface area (Å²) in [6.07, 6.45) is 1.12. The quantitative estimate of drug-likeness (QED) is 0.728. The van der Waals surface area contributed by atoms with Gasteiger partial charge in [-0.3, -0.25) is 14.5 Å². The van der Waals surface area contributed by atoms with Crippen LogP contribution in [0.2, 0.25) is 0 Å². The first-order chi connectivity index (χ1) is 14.3. The second-order valence-electron chi connectivity index (χ2n) is 8.20. The van der Waals surface area contributed by atoms with Crippen LogP contribution >= 0.6 is 0 Å². The number of likely N-dealkylation sites (tertiary alicyclic amines) is 1. The Morgan fingerprint density at radius 3 is 2.50 bits per heavy atom. The highest BCUT2D eigenvalue weighted by molar-refractivity contribution is 6.10. The molecular weight excluding hydrogens is 388 g/mol. The van der Waals surface area contributed by atoms with Crippen LogP contribution in [-0.4, -0.2) is 54.4 Å². The molecule has 1 aromatic rings. The molecule has 9 nitrogen and oxygen atoms in total. The Morgan fingerprint density at radius 1 is 1.20 bits per heavy atom. The molecule has 2 aliphatic rings. The van der Waals surface area contributed by atoms with Crippen LogP contribution in [-0.2, 0) is 14.4 Å². The molecule has 162 valence electrons. The van der Waals surface area contributed by atoms with E-state index in [1.54, 1.807) is 29.2 Å². The summed E-state index contributed by atoms with van der Waals surface area (Å²) in [5.74, 6) is -2.02. The third-order valence-electron chi connectivity index (χ3n) is 5.46. The molecule has 1 saturated heterocycles. The molecule has 2 aliphatic heterocycles. The average Bonchev–Trinajstić information content (AvgIpc) is 2.71. The summed E-state index contributed by atoms with van der Waals surface area (Å²) in [4.78, 5) is 52.1. The maximum absolute atomic E-state index is 13.1. The summed E-state index contributed by atoms with van der Waals surface area (Å²) < 4.78 is 0. The molecule has 3 rings (SSSR count). The number of para-hydroxylation sites is 2. The van der Waals surface area contributed by atoms with E-state index in [1.807, 2.05) is 13.8 Å². The topological polar surface area (TPSA) is 122 Å². The third kappa shape index (κ3) is 4.90. The minimum Gasteiger partial charge on any atom is -0.550 e. The van der Waals surface area contributed by atoms with Crippen molar-refractivity contribution in [2.75, 3.05) is 29.9 Å². The first kappa shape index (κ1) is 21.6. The first-order valence-electron chi connectivity index (χ1n) is 10.2. The number of rotatable bonds is 5. The van der Waals surface area contributed by atoms with Gasteiger partial charge in [0.1, 0.15) is 12.6 Å². The van der Waals surface area contributed by atoms with E-state index in [-0.39, 0.29) is 24.3 Å². The van der Waals surface area contributed by atoms with E-state index >= 15 is 0 Å². The molecule has 0 aromatic heterocycles. The smallest absolute Gasteiger partial charge is 0.323 e. The summed E-state index contributed by atoms with van der Waals surface area (Å²) in [5, 5.41) is 16.6. The molecule has 0 bridgehead atoms. The van der Waals surface area contributed by atoms with Gasteiger partial charge >= 0.3 is 6.03 Å². The standard InChI is InChI=1S/C21H28N4O5/c1-13(2)11-16(19(27)24-9-7-14(8-10-24)20(28)29)23-21(30)25-12-18(26)22-15-5-3-4-6-17(15)25/h3-6,13-14,16H,7-12H2,1-2H3,(H,22,26)(H,23,30)(H,28,29)/p-1/t16-/m0/s1. The van der Waals surface area contributed by atoms with Crippen molar-refractivity contribution in [1.29, 1.82) is 0 Å². The molecular formula is C21H27N4O5-. The second-order valence-corrected chi connectivity index (χ2v) is 8.20. The number of carbonyl (C=O) groups excluding carboxylic acids is 4. The number of piperidine rings is 1. The van der Waals surface area contributed by atoms with Gasteiger partial charge in [-0.2, -0.15) is 0 Å². The fraction of sp³-hybridized carbons (Fsp3) is 0.524. The Bertz CT molecular complexity index is 832. The van der Waals surface area contributed by atoms with E-state index in [9.17, 15) is 24.3 Å². The van der Waals surface area contributed by atoms with Gasteiger partial charge in [-0.1, -0.05) is 26.0 Å².